The van der Waals surface area contributed by atoms with Crippen LogP contribution >= 0.6 is 0 Å². The zero-order valence-corrected chi connectivity index (χ0v) is 7.02. The van der Waals surface area contributed by atoms with Gasteiger partial charge in [-0.1, -0.05) is 18.7 Å². The van der Waals surface area contributed by atoms with Crippen LogP contribution in [0, 0.1) is 5.92 Å². The van der Waals surface area contributed by atoms with Crippen molar-refractivity contribution in [2.45, 2.75) is 26.2 Å². The summed E-state index contributed by atoms with van der Waals surface area (Å²) >= 11 is 0. The van der Waals surface area contributed by atoms with Crippen LogP contribution in [-0.2, 0) is 4.79 Å². The van der Waals surface area contributed by atoms with Gasteiger partial charge in [-0.15, -0.1) is 0 Å². The lowest BCUT2D eigenvalue weighted by Gasteiger charge is -2.22. The molecule has 0 saturated heterocycles. The smallest absolute Gasteiger partial charge is 0.158 e. The highest BCUT2D eigenvalue weighted by atomic mass is 16.1. The fraction of sp³-hybridized carbons (Fsp3) is 0.500. The number of hydrogen-bond donors (Lipinski definition) is 0. The largest absolute Gasteiger partial charge is 0.295 e. The van der Waals surface area contributed by atoms with Gasteiger partial charge in [0.1, 0.15) is 0 Å². The van der Waals surface area contributed by atoms with Crippen molar-refractivity contribution >= 4 is 5.78 Å². The van der Waals surface area contributed by atoms with Gasteiger partial charge in [-0.05, 0) is 31.3 Å². The second-order valence-corrected chi connectivity index (χ2v) is 3.31. The fourth-order valence-electron chi connectivity index (χ4n) is 1.38. The molecule has 1 fully saturated rings. The van der Waals surface area contributed by atoms with E-state index < -0.39 is 0 Å². The van der Waals surface area contributed by atoms with Crippen molar-refractivity contribution < 1.29 is 4.79 Å². The number of hydrogen-bond acceptors (Lipinski definition) is 1. The number of Topliss-reactive ketones (excluding diaryl/α,β-unsaturated/α-hetero) is 1. The van der Waals surface area contributed by atoms with Crippen LogP contribution in [0.2, 0.25) is 0 Å². The van der Waals surface area contributed by atoms with Crippen LogP contribution in [0.25, 0.3) is 0 Å². The molecule has 1 rings (SSSR count). The van der Waals surface area contributed by atoms with E-state index in [-0.39, 0.29) is 5.78 Å². The molecule has 1 heteroatoms. The maximum Gasteiger partial charge on any atom is 0.158 e. The van der Waals surface area contributed by atoms with Crippen LogP contribution in [0.15, 0.2) is 24.3 Å². The second-order valence-electron chi connectivity index (χ2n) is 3.31. The van der Waals surface area contributed by atoms with Crippen molar-refractivity contribution in [2.75, 3.05) is 0 Å². The van der Waals surface area contributed by atoms with Gasteiger partial charge in [-0.2, -0.15) is 0 Å². The summed E-state index contributed by atoms with van der Waals surface area (Å²) < 4.78 is 0. The van der Waals surface area contributed by atoms with Crippen LogP contribution in [-0.4, -0.2) is 5.78 Å². The first kappa shape index (κ1) is 8.25. The summed E-state index contributed by atoms with van der Waals surface area (Å²) in [6.07, 6.45) is 2.55. The summed E-state index contributed by atoms with van der Waals surface area (Å²) in [5.41, 5.74) is 1.92. The lowest BCUT2D eigenvalue weighted by Crippen LogP contribution is -2.17. The third-order valence-corrected chi connectivity index (χ3v) is 2.32. The van der Waals surface area contributed by atoms with E-state index in [0.717, 1.165) is 24.0 Å². The van der Waals surface area contributed by atoms with Crippen molar-refractivity contribution in [1.29, 1.82) is 0 Å². The Bertz CT molecular complexity index is 213. The Balaban J connectivity index is 2.60. The maximum absolute atomic E-state index is 11.2. The molecule has 0 spiro atoms. The number of allylic oxidation sites excluding steroid dienone is 2. The first-order valence-corrected chi connectivity index (χ1v) is 3.97. The van der Waals surface area contributed by atoms with E-state index >= 15 is 0 Å². The molecule has 1 aliphatic rings. The third-order valence-electron chi connectivity index (χ3n) is 2.32. The van der Waals surface area contributed by atoms with Crippen LogP contribution in [0.4, 0.5) is 0 Å². The number of carbonyl (C=O) groups excluding carboxylic acids is 1. The zero-order valence-electron chi connectivity index (χ0n) is 7.02. The van der Waals surface area contributed by atoms with Crippen LogP contribution in [0.1, 0.15) is 26.2 Å². The van der Waals surface area contributed by atoms with Gasteiger partial charge in [0.2, 0.25) is 0 Å². The summed E-state index contributed by atoms with van der Waals surface area (Å²) in [5, 5.41) is 0. The Labute approximate surface area is 67.8 Å². The standard InChI is InChI=1S/C10H14O/c1-7(2)9-5-4-8(3)10(11)6-9/h9H,1,3-6H2,2H3. The molecule has 0 aromatic heterocycles. The average Bonchev–Trinajstić information content (AvgIpc) is 1.94. The number of rotatable bonds is 1. The molecule has 60 valence electrons. The van der Waals surface area contributed by atoms with Gasteiger partial charge in [-0.25, -0.2) is 0 Å². The minimum atomic E-state index is 0.226. The molecule has 0 bridgehead atoms. The molecule has 0 radical (unpaired) electrons. The van der Waals surface area contributed by atoms with Gasteiger partial charge in [0.05, 0.1) is 0 Å². The predicted molar refractivity (Wildman–Crippen MR) is 46.3 cm³/mol. The fourth-order valence-corrected chi connectivity index (χ4v) is 1.38. The first-order chi connectivity index (χ1) is 5.11. The molecule has 1 saturated carbocycles. The van der Waals surface area contributed by atoms with Gasteiger partial charge in [0.25, 0.3) is 0 Å². The SMILES string of the molecule is C=C1CCC(C(=C)C)CC1=O. The van der Waals surface area contributed by atoms with Crippen LogP contribution in [0.3, 0.4) is 0 Å². The van der Waals surface area contributed by atoms with Gasteiger partial charge in [-0.3, -0.25) is 4.79 Å². The van der Waals surface area contributed by atoms with Crippen molar-refractivity contribution in [1.82, 2.24) is 0 Å². The Kier molecular flexibility index (Phi) is 2.28. The van der Waals surface area contributed by atoms with Gasteiger partial charge in [0.15, 0.2) is 5.78 Å². The van der Waals surface area contributed by atoms with Gasteiger partial charge >= 0.3 is 0 Å². The molecule has 0 amide bonds. The molecular weight excluding hydrogens is 136 g/mol. The lowest BCUT2D eigenvalue weighted by atomic mass is 9.82. The molecule has 0 aromatic carbocycles. The Hall–Kier alpha value is -0.850. The van der Waals surface area contributed by atoms with Crippen molar-refractivity contribution in [2.24, 2.45) is 5.92 Å². The van der Waals surface area contributed by atoms with E-state index in [0.29, 0.717) is 12.3 Å². The molecule has 0 aromatic rings. The summed E-state index contributed by atoms with van der Waals surface area (Å²) in [6, 6.07) is 0. The minimum Gasteiger partial charge on any atom is -0.295 e. The molecule has 0 aliphatic heterocycles. The Morgan fingerprint density at radius 3 is 2.73 bits per heavy atom. The zero-order chi connectivity index (χ0) is 8.43. The monoisotopic (exact) mass is 150 g/mol. The van der Waals surface area contributed by atoms with Gasteiger partial charge < -0.3 is 0 Å². The Morgan fingerprint density at radius 1 is 1.64 bits per heavy atom. The van der Waals surface area contributed by atoms with Crippen molar-refractivity contribution in [3.05, 3.63) is 24.3 Å². The third kappa shape index (κ3) is 1.79. The van der Waals surface area contributed by atoms with E-state index in [4.69, 9.17) is 0 Å². The topological polar surface area (TPSA) is 17.1 Å². The van der Waals surface area contributed by atoms with E-state index in [9.17, 15) is 4.79 Å². The molecule has 0 N–H and O–H groups in total. The summed E-state index contributed by atoms with van der Waals surface area (Å²) in [4.78, 5) is 11.2. The van der Waals surface area contributed by atoms with E-state index in [1.165, 1.54) is 0 Å². The summed E-state index contributed by atoms with van der Waals surface area (Å²) in [7, 11) is 0. The average molecular weight is 150 g/mol. The molecule has 11 heavy (non-hydrogen) atoms. The Morgan fingerprint density at radius 2 is 2.27 bits per heavy atom. The van der Waals surface area contributed by atoms with Crippen molar-refractivity contribution in [3.63, 3.8) is 0 Å². The van der Waals surface area contributed by atoms with E-state index in [1.807, 2.05) is 6.92 Å². The number of carbonyl (C=O) groups is 1. The normalized spacial score (nSPS) is 25.4. The minimum absolute atomic E-state index is 0.226. The molecular formula is C10H14O. The quantitative estimate of drug-likeness (QED) is 0.414. The molecule has 1 nitrogen and oxygen atoms in total. The summed E-state index contributed by atoms with van der Waals surface area (Å²) in [5.74, 6) is 0.636. The first-order valence-electron chi connectivity index (χ1n) is 3.97. The van der Waals surface area contributed by atoms with Gasteiger partial charge in [0, 0.05) is 6.42 Å². The maximum atomic E-state index is 11.2. The van der Waals surface area contributed by atoms with E-state index in [2.05, 4.69) is 13.2 Å². The highest BCUT2D eigenvalue weighted by Crippen LogP contribution is 2.28. The molecule has 1 unspecified atom stereocenters. The van der Waals surface area contributed by atoms with E-state index in [1.54, 1.807) is 0 Å². The van der Waals surface area contributed by atoms with Crippen LogP contribution in [0.5, 0.6) is 0 Å². The van der Waals surface area contributed by atoms with Crippen molar-refractivity contribution in [3.8, 4) is 0 Å². The summed E-state index contributed by atoms with van der Waals surface area (Å²) in [6.45, 7) is 9.56. The lowest BCUT2D eigenvalue weighted by molar-refractivity contribution is -0.117. The molecule has 1 atom stereocenters. The highest BCUT2D eigenvalue weighted by Gasteiger charge is 2.22. The highest BCUT2D eigenvalue weighted by molar-refractivity contribution is 5.95. The molecule has 0 heterocycles. The van der Waals surface area contributed by atoms with Crippen LogP contribution < -0.4 is 0 Å². The second kappa shape index (κ2) is 3.04. The predicted octanol–water partition coefficient (Wildman–Crippen LogP) is 2.49. The molecule has 1 aliphatic carbocycles. The number of ketones is 1.